The average molecular weight is 268 g/mol. The van der Waals surface area contributed by atoms with Crippen LogP contribution in [-0.4, -0.2) is 21.3 Å². The molecule has 1 unspecified atom stereocenters. The Hall–Kier alpha value is -1.87. The second-order valence-electron chi connectivity index (χ2n) is 5.76. The van der Waals surface area contributed by atoms with Crippen LogP contribution in [-0.2, 0) is 7.05 Å². The fourth-order valence-electron chi connectivity index (χ4n) is 3.00. The predicted molar refractivity (Wildman–Crippen MR) is 82.9 cm³/mol. The number of nitrogens with zero attached hydrogens (tertiary/aromatic N) is 2. The first-order chi connectivity index (χ1) is 9.63. The molecule has 0 saturated heterocycles. The van der Waals surface area contributed by atoms with Crippen molar-refractivity contribution in [3.05, 3.63) is 42.2 Å². The molecular weight excluding hydrogens is 248 g/mol. The van der Waals surface area contributed by atoms with E-state index in [1.807, 2.05) is 18.5 Å². The average Bonchev–Trinajstić information content (AvgIpc) is 2.73. The van der Waals surface area contributed by atoms with E-state index in [2.05, 4.69) is 48.6 Å². The molecular formula is C17H20N2O. The summed E-state index contributed by atoms with van der Waals surface area (Å²) < 4.78 is 2.20. The highest BCUT2D eigenvalue weighted by Crippen LogP contribution is 2.31. The summed E-state index contributed by atoms with van der Waals surface area (Å²) in [5.41, 5.74) is 3.59. The molecule has 0 amide bonds. The minimum Gasteiger partial charge on any atom is -0.396 e. The zero-order valence-corrected chi connectivity index (χ0v) is 12.2. The number of hydrogen-bond acceptors (Lipinski definition) is 2. The molecule has 20 heavy (non-hydrogen) atoms. The maximum Gasteiger partial charge on any atom is 0.0519 e. The molecule has 3 aromatic rings. The number of aryl methyl sites for hydroxylation is 1. The van der Waals surface area contributed by atoms with Crippen LogP contribution in [0.4, 0.5) is 0 Å². The number of fused-ring (bicyclic) bond motifs is 3. The Kier molecular flexibility index (Phi) is 3.22. The predicted octanol–water partition coefficient (Wildman–Crippen LogP) is 3.46. The van der Waals surface area contributed by atoms with Gasteiger partial charge in [-0.2, -0.15) is 0 Å². The summed E-state index contributed by atoms with van der Waals surface area (Å²) in [7, 11) is 2.08. The van der Waals surface area contributed by atoms with E-state index in [-0.39, 0.29) is 12.5 Å². The van der Waals surface area contributed by atoms with E-state index in [0.717, 1.165) is 0 Å². The summed E-state index contributed by atoms with van der Waals surface area (Å²) in [5, 5.41) is 12.0. The normalized spacial score (nSPS) is 13.4. The maximum atomic E-state index is 9.61. The van der Waals surface area contributed by atoms with Gasteiger partial charge in [0.05, 0.1) is 12.1 Å². The number of hydrogen-bond donors (Lipinski definition) is 1. The van der Waals surface area contributed by atoms with Gasteiger partial charge < -0.3 is 9.67 Å². The molecule has 1 N–H and O–H groups in total. The van der Waals surface area contributed by atoms with Crippen molar-refractivity contribution < 1.29 is 5.11 Å². The van der Waals surface area contributed by atoms with Gasteiger partial charge in [0.25, 0.3) is 0 Å². The summed E-state index contributed by atoms with van der Waals surface area (Å²) in [6, 6.07) is 8.53. The number of aliphatic hydroxyl groups excluding tert-OH is 1. The Morgan fingerprint density at radius 2 is 1.95 bits per heavy atom. The van der Waals surface area contributed by atoms with Crippen molar-refractivity contribution in [2.45, 2.75) is 19.8 Å². The topological polar surface area (TPSA) is 38.1 Å². The smallest absolute Gasteiger partial charge is 0.0519 e. The second kappa shape index (κ2) is 4.91. The van der Waals surface area contributed by atoms with Crippen molar-refractivity contribution in [3.8, 4) is 0 Å². The molecule has 0 bridgehead atoms. The molecule has 1 atom stereocenters. The molecule has 104 valence electrons. The molecule has 2 heterocycles. The lowest BCUT2D eigenvalue weighted by atomic mass is 9.89. The van der Waals surface area contributed by atoms with Gasteiger partial charge in [0, 0.05) is 41.6 Å². The van der Waals surface area contributed by atoms with Crippen molar-refractivity contribution in [1.29, 1.82) is 0 Å². The number of aromatic nitrogens is 2. The Bertz CT molecular complexity index is 758. The Labute approximate surface area is 118 Å². The van der Waals surface area contributed by atoms with E-state index in [4.69, 9.17) is 0 Å². The van der Waals surface area contributed by atoms with Crippen molar-refractivity contribution >= 4 is 21.8 Å². The number of rotatable bonds is 3. The second-order valence-corrected chi connectivity index (χ2v) is 5.76. The lowest BCUT2D eigenvalue weighted by Gasteiger charge is -2.18. The first-order valence-electron chi connectivity index (χ1n) is 7.06. The number of pyridine rings is 1. The minimum atomic E-state index is 0.189. The number of aliphatic hydroxyl groups is 1. The zero-order chi connectivity index (χ0) is 14.3. The van der Waals surface area contributed by atoms with Crippen LogP contribution in [0, 0.1) is 5.92 Å². The highest BCUT2D eigenvalue weighted by Gasteiger charge is 2.16. The van der Waals surface area contributed by atoms with Gasteiger partial charge in [-0.25, -0.2) is 0 Å². The molecule has 1 aromatic carbocycles. The zero-order valence-electron chi connectivity index (χ0n) is 12.2. The standard InChI is InChI=1S/C17H20N2O/c1-11(2)15(10-20)12-4-5-13-14-9-18-7-6-16(14)19(3)17(13)8-12/h4-9,11,15,20H,10H2,1-3H3. The van der Waals surface area contributed by atoms with E-state index in [9.17, 15) is 5.11 Å². The van der Waals surface area contributed by atoms with Gasteiger partial charge >= 0.3 is 0 Å². The molecule has 0 aliphatic heterocycles. The van der Waals surface area contributed by atoms with Crippen molar-refractivity contribution in [2.24, 2.45) is 13.0 Å². The van der Waals surface area contributed by atoms with Crippen LogP contribution >= 0.6 is 0 Å². The molecule has 3 nitrogen and oxygen atoms in total. The van der Waals surface area contributed by atoms with Crippen LogP contribution in [0.5, 0.6) is 0 Å². The monoisotopic (exact) mass is 268 g/mol. The fourth-order valence-corrected chi connectivity index (χ4v) is 3.00. The molecule has 2 aromatic heterocycles. The molecule has 3 heteroatoms. The third-order valence-corrected chi connectivity index (χ3v) is 4.26. The van der Waals surface area contributed by atoms with E-state index >= 15 is 0 Å². The Balaban J connectivity index is 2.26. The summed E-state index contributed by atoms with van der Waals surface area (Å²) in [5.74, 6) is 0.615. The fraction of sp³-hybridized carbons (Fsp3) is 0.353. The summed E-state index contributed by atoms with van der Waals surface area (Å²) in [4.78, 5) is 4.22. The van der Waals surface area contributed by atoms with Gasteiger partial charge in [0.15, 0.2) is 0 Å². The van der Waals surface area contributed by atoms with Crippen LogP contribution in [0.3, 0.4) is 0 Å². The van der Waals surface area contributed by atoms with Crippen LogP contribution < -0.4 is 0 Å². The maximum absolute atomic E-state index is 9.61. The van der Waals surface area contributed by atoms with Gasteiger partial charge in [-0.15, -0.1) is 0 Å². The van der Waals surface area contributed by atoms with Gasteiger partial charge in [-0.1, -0.05) is 26.0 Å². The molecule has 0 radical (unpaired) electrons. The van der Waals surface area contributed by atoms with Gasteiger partial charge in [-0.05, 0) is 23.6 Å². The van der Waals surface area contributed by atoms with Crippen LogP contribution in [0.2, 0.25) is 0 Å². The molecule has 0 fully saturated rings. The summed E-state index contributed by atoms with van der Waals surface area (Å²) >= 11 is 0. The minimum absolute atomic E-state index is 0.189. The molecule has 0 aliphatic rings. The third-order valence-electron chi connectivity index (χ3n) is 4.26. The molecule has 0 spiro atoms. The largest absolute Gasteiger partial charge is 0.396 e. The number of benzene rings is 1. The van der Waals surface area contributed by atoms with E-state index in [1.165, 1.54) is 27.4 Å². The van der Waals surface area contributed by atoms with Crippen molar-refractivity contribution in [3.63, 3.8) is 0 Å². The van der Waals surface area contributed by atoms with Crippen LogP contribution in [0.25, 0.3) is 21.8 Å². The van der Waals surface area contributed by atoms with E-state index < -0.39 is 0 Å². The van der Waals surface area contributed by atoms with Crippen LogP contribution in [0.1, 0.15) is 25.3 Å². The van der Waals surface area contributed by atoms with Gasteiger partial charge in [0.1, 0.15) is 0 Å². The molecule has 0 aliphatic carbocycles. The lowest BCUT2D eigenvalue weighted by Crippen LogP contribution is -2.11. The Morgan fingerprint density at radius 3 is 2.65 bits per heavy atom. The van der Waals surface area contributed by atoms with Gasteiger partial charge in [0.2, 0.25) is 0 Å². The Morgan fingerprint density at radius 1 is 1.15 bits per heavy atom. The SMILES string of the molecule is CC(C)C(CO)c1ccc2c3cnccc3n(C)c2c1. The van der Waals surface area contributed by atoms with E-state index in [1.54, 1.807) is 0 Å². The lowest BCUT2D eigenvalue weighted by molar-refractivity contribution is 0.237. The third kappa shape index (κ3) is 1.90. The highest BCUT2D eigenvalue weighted by molar-refractivity contribution is 6.07. The highest BCUT2D eigenvalue weighted by atomic mass is 16.3. The molecule has 3 rings (SSSR count). The molecule has 0 saturated carbocycles. The van der Waals surface area contributed by atoms with E-state index in [0.29, 0.717) is 5.92 Å². The van der Waals surface area contributed by atoms with Crippen molar-refractivity contribution in [2.75, 3.05) is 6.61 Å². The first-order valence-corrected chi connectivity index (χ1v) is 7.06. The summed E-state index contributed by atoms with van der Waals surface area (Å²) in [6.45, 7) is 4.49. The van der Waals surface area contributed by atoms with Crippen LogP contribution in [0.15, 0.2) is 36.7 Å². The quantitative estimate of drug-likeness (QED) is 0.790. The van der Waals surface area contributed by atoms with Crippen molar-refractivity contribution in [1.82, 2.24) is 9.55 Å². The first kappa shape index (κ1) is 13.1. The van der Waals surface area contributed by atoms with Gasteiger partial charge in [-0.3, -0.25) is 4.98 Å². The summed E-state index contributed by atoms with van der Waals surface area (Å²) in [6.07, 6.45) is 3.75.